The van der Waals surface area contributed by atoms with E-state index in [2.05, 4.69) is 36.9 Å². The number of hydrogen-bond donors (Lipinski definition) is 0. The molecule has 1 aliphatic rings. The van der Waals surface area contributed by atoms with Crippen molar-refractivity contribution >= 4 is 11.5 Å². The van der Waals surface area contributed by atoms with Crippen molar-refractivity contribution in [2.45, 2.75) is 6.92 Å². The minimum absolute atomic E-state index is 0.959. The van der Waals surface area contributed by atoms with Gasteiger partial charge in [0, 0.05) is 37.9 Å². The third kappa shape index (κ3) is 2.47. The molecule has 0 radical (unpaired) electrons. The minimum atomic E-state index is 0.959. The van der Waals surface area contributed by atoms with Gasteiger partial charge in [0.15, 0.2) is 0 Å². The van der Waals surface area contributed by atoms with Gasteiger partial charge in [-0.15, -0.1) is 0 Å². The first-order chi connectivity index (χ1) is 9.34. The van der Waals surface area contributed by atoms with Gasteiger partial charge in [-0.05, 0) is 13.0 Å². The van der Waals surface area contributed by atoms with Gasteiger partial charge in [0.25, 0.3) is 0 Å². The zero-order valence-corrected chi connectivity index (χ0v) is 10.9. The molecule has 0 bridgehead atoms. The van der Waals surface area contributed by atoms with Gasteiger partial charge < -0.3 is 9.80 Å². The highest BCUT2D eigenvalue weighted by Gasteiger charge is 2.19. The number of nitrogens with zero attached hydrogens (tertiary/aromatic N) is 6. The van der Waals surface area contributed by atoms with Crippen LogP contribution in [0.3, 0.4) is 0 Å². The maximum absolute atomic E-state index is 4.37. The summed E-state index contributed by atoms with van der Waals surface area (Å²) in [5, 5.41) is 7.74. The molecular formula is C13H16N6. The Hall–Kier alpha value is -2.24. The topological polar surface area (TPSA) is 58.0 Å². The minimum Gasteiger partial charge on any atom is -0.367 e. The van der Waals surface area contributed by atoms with Gasteiger partial charge in [-0.3, -0.25) is 0 Å². The summed E-state index contributed by atoms with van der Waals surface area (Å²) in [7, 11) is 0. The van der Waals surface area contributed by atoms with E-state index in [1.165, 1.54) is 0 Å². The maximum Gasteiger partial charge on any atom is 0.134 e. The lowest BCUT2D eigenvalue weighted by Crippen LogP contribution is -2.47. The lowest BCUT2D eigenvalue weighted by atomic mass is 10.2. The number of hydrogen-bond acceptors (Lipinski definition) is 6. The molecule has 0 spiro atoms. The van der Waals surface area contributed by atoms with Gasteiger partial charge in [-0.25, -0.2) is 9.97 Å². The van der Waals surface area contributed by atoms with Gasteiger partial charge in [0.05, 0.1) is 18.1 Å². The quantitative estimate of drug-likeness (QED) is 0.795. The fraction of sp³-hybridized carbons (Fsp3) is 0.385. The van der Waals surface area contributed by atoms with Crippen molar-refractivity contribution in [1.82, 2.24) is 20.2 Å². The summed E-state index contributed by atoms with van der Waals surface area (Å²) in [5.74, 6) is 1.04. The van der Waals surface area contributed by atoms with Crippen LogP contribution in [0.2, 0.25) is 0 Å². The van der Waals surface area contributed by atoms with Crippen LogP contribution in [0.4, 0.5) is 11.5 Å². The Labute approximate surface area is 112 Å². The van der Waals surface area contributed by atoms with E-state index in [0.29, 0.717) is 0 Å². The second-order valence-electron chi connectivity index (χ2n) is 4.60. The van der Waals surface area contributed by atoms with Gasteiger partial charge in [-0.1, -0.05) is 0 Å². The van der Waals surface area contributed by atoms with Gasteiger partial charge >= 0.3 is 0 Å². The van der Waals surface area contributed by atoms with Crippen molar-refractivity contribution in [1.29, 1.82) is 0 Å². The standard InChI is InChI=1S/C13H16N6/c1-11-8-14-10-15-13(11)19-6-4-18(5-7-19)12-2-3-16-17-9-12/h2-3,8-10H,4-7H2,1H3. The first-order valence-electron chi connectivity index (χ1n) is 6.38. The van der Waals surface area contributed by atoms with Gasteiger partial charge in [0.2, 0.25) is 0 Å². The average Bonchev–Trinajstić information content (AvgIpc) is 2.49. The molecule has 1 saturated heterocycles. The highest BCUT2D eigenvalue weighted by atomic mass is 15.3. The number of rotatable bonds is 2. The molecule has 1 fully saturated rings. The van der Waals surface area contributed by atoms with Crippen LogP contribution in [-0.4, -0.2) is 46.3 Å². The Morgan fingerprint density at radius 2 is 1.79 bits per heavy atom. The molecule has 98 valence electrons. The summed E-state index contributed by atoms with van der Waals surface area (Å²) >= 11 is 0. The summed E-state index contributed by atoms with van der Waals surface area (Å²) in [6, 6.07) is 2.00. The van der Waals surface area contributed by atoms with Crippen LogP contribution in [0, 0.1) is 6.92 Å². The van der Waals surface area contributed by atoms with Crippen molar-refractivity contribution in [2.24, 2.45) is 0 Å². The molecule has 0 atom stereocenters. The summed E-state index contributed by atoms with van der Waals surface area (Å²) in [6.45, 7) is 5.90. The van der Waals surface area contributed by atoms with E-state index in [4.69, 9.17) is 0 Å². The fourth-order valence-electron chi connectivity index (χ4n) is 2.37. The van der Waals surface area contributed by atoms with Crippen LogP contribution in [-0.2, 0) is 0 Å². The molecule has 0 unspecified atom stereocenters. The van der Waals surface area contributed by atoms with Crippen LogP contribution in [0.5, 0.6) is 0 Å². The first kappa shape index (κ1) is 11.8. The molecule has 2 aromatic rings. The lowest BCUT2D eigenvalue weighted by molar-refractivity contribution is 0.643. The second-order valence-corrected chi connectivity index (χ2v) is 4.60. The van der Waals surface area contributed by atoms with E-state index in [-0.39, 0.29) is 0 Å². The van der Waals surface area contributed by atoms with Crippen molar-refractivity contribution in [3.63, 3.8) is 0 Å². The Morgan fingerprint density at radius 3 is 2.47 bits per heavy atom. The van der Waals surface area contributed by atoms with Crippen molar-refractivity contribution in [2.75, 3.05) is 36.0 Å². The third-order valence-corrected chi connectivity index (χ3v) is 3.38. The molecule has 3 rings (SSSR count). The summed E-state index contributed by atoms with van der Waals surface area (Å²) in [5.41, 5.74) is 2.26. The van der Waals surface area contributed by atoms with Crippen molar-refractivity contribution in [3.05, 3.63) is 36.5 Å². The van der Waals surface area contributed by atoms with Crippen LogP contribution >= 0.6 is 0 Å². The molecule has 0 aromatic carbocycles. The summed E-state index contributed by atoms with van der Waals surface area (Å²) < 4.78 is 0. The zero-order chi connectivity index (χ0) is 13.1. The largest absolute Gasteiger partial charge is 0.367 e. The van der Waals surface area contributed by atoms with E-state index >= 15 is 0 Å². The molecule has 2 aromatic heterocycles. The molecule has 0 amide bonds. The SMILES string of the molecule is Cc1cncnc1N1CCN(c2ccnnc2)CC1. The predicted octanol–water partition coefficient (Wildman–Crippen LogP) is 0.902. The molecule has 0 N–H and O–H groups in total. The highest BCUT2D eigenvalue weighted by Crippen LogP contribution is 2.19. The maximum atomic E-state index is 4.37. The van der Waals surface area contributed by atoms with Gasteiger partial charge in [0.1, 0.15) is 12.1 Å². The number of aryl methyl sites for hydroxylation is 1. The average molecular weight is 256 g/mol. The summed E-state index contributed by atoms with van der Waals surface area (Å²) in [4.78, 5) is 13.0. The molecule has 19 heavy (non-hydrogen) atoms. The Morgan fingerprint density at radius 1 is 1.00 bits per heavy atom. The zero-order valence-electron chi connectivity index (χ0n) is 10.9. The van der Waals surface area contributed by atoms with E-state index in [9.17, 15) is 0 Å². The normalized spacial score (nSPS) is 15.6. The van der Waals surface area contributed by atoms with Crippen LogP contribution in [0.15, 0.2) is 31.0 Å². The van der Waals surface area contributed by atoms with Crippen LogP contribution in [0.25, 0.3) is 0 Å². The van der Waals surface area contributed by atoms with E-state index in [1.54, 1.807) is 12.5 Å². The lowest BCUT2D eigenvalue weighted by Gasteiger charge is -2.36. The first-order valence-corrected chi connectivity index (χ1v) is 6.38. The van der Waals surface area contributed by atoms with E-state index < -0.39 is 0 Å². The molecule has 3 heterocycles. The Balaban J connectivity index is 1.69. The van der Waals surface area contributed by atoms with E-state index in [0.717, 1.165) is 43.2 Å². The molecule has 0 aliphatic carbocycles. The molecule has 6 heteroatoms. The highest BCUT2D eigenvalue weighted by molar-refractivity contribution is 5.49. The third-order valence-electron chi connectivity index (χ3n) is 3.38. The molecular weight excluding hydrogens is 240 g/mol. The van der Waals surface area contributed by atoms with E-state index in [1.807, 2.05) is 18.5 Å². The molecule has 0 saturated carbocycles. The number of anilines is 2. The molecule has 6 nitrogen and oxygen atoms in total. The van der Waals surface area contributed by atoms with Crippen molar-refractivity contribution in [3.8, 4) is 0 Å². The Kier molecular flexibility index (Phi) is 3.22. The fourth-order valence-corrected chi connectivity index (χ4v) is 2.37. The monoisotopic (exact) mass is 256 g/mol. The second kappa shape index (κ2) is 5.17. The van der Waals surface area contributed by atoms with Crippen LogP contribution < -0.4 is 9.80 Å². The number of aromatic nitrogens is 4. The molecule has 1 aliphatic heterocycles. The number of piperazine rings is 1. The smallest absolute Gasteiger partial charge is 0.134 e. The van der Waals surface area contributed by atoms with Gasteiger partial charge in [-0.2, -0.15) is 10.2 Å². The van der Waals surface area contributed by atoms with Crippen LogP contribution in [0.1, 0.15) is 5.56 Å². The Bertz CT molecular complexity index is 536. The van der Waals surface area contributed by atoms with Crippen molar-refractivity contribution < 1.29 is 0 Å². The predicted molar refractivity (Wildman–Crippen MR) is 73.2 cm³/mol. The summed E-state index contributed by atoms with van der Waals surface area (Å²) in [6.07, 6.45) is 7.02.